The van der Waals surface area contributed by atoms with Crippen molar-refractivity contribution in [2.24, 2.45) is 0 Å². The molecule has 2 N–H and O–H groups in total. The van der Waals surface area contributed by atoms with Crippen LogP contribution in [-0.2, 0) is 0 Å². The van der Waals surface area contributed by atoms with Gasteiger partial charge in [-0.3, -0.25) is 0 Å². The molecule has 4 nitrogen and oxygen atoms in total. The highest BCUT2D eigenvalue weighted by atomic mass is 16.0. The SMILES string of the molecule is C[N+]1(CCCCCC[N+]2(C)CCCC2)CCCC1.[OH-].[OH-]. The number of unbranched alkanes of at least 4 members (excludes halogenated alkanes) is 3. The summed E-state index contributed by atoms with van der Waals surface area (Å²) in [6.45, 7) is 8.63. The van der Waals surface area contributed by atoms with Gasteiger partial charge in [0.1, 0.15) is 0 Å². The van der Waals surface area contributed by atoms with Crippen molar-refractivity contribution in [2.45, 2.75) is 51.4 Å². The van der Waals surface area contributed by atoms with Crippen LogP contribution in [0.3, 0.4) is 0 Å². The Labute approximate surface area is 125 Å². The molecule has 122 valence electrons. The zero-order chi connectivity index (χ0) is 12.9. The third-order valence-corrected chi connectivity index (χ3v) is 5.44. The minimum atomic E-state index is 0. The first-order valence-corrected chi connectivity index (χ1v) is 8.29. The maximum Gasteiger partial charge on any atom is 0.0786 e. The second-order valence-corrected chi connectivity index (χ2v) is 7.41. The van der Waals surface area contributed by atoms with Crippen LogP contribution in [0.4, 0.5) is 0 Å². The van der Waals surface area contributed by atoms with Crippen molar-refractivity contribution in [1.29, 1.82) is 0 Å². The van der Waals surface area contributed by atoms with Crippen molar-refractivity contribution in [2.75, 3.05) is 53.4 Å². The maximum atomic E-state index is 2.46. The summed E-state index contributed by atoms with van der Waals surface area (Å²) >= 11 is 0. The summed E-state index contributed by atoms with van der Waals surface area (Å²) in [6.07, 6.45) is 11.7. The van der Waals surface area contributed by atoms with E-state index >= 15 is 0 Å². The molecule has 4 heteroatoms. The molecule has 2 aliphatic rings. The van der Waals surface area contributed by atoms with Gasteiger partial charge in [0.15, 0.2) is 0 Å². The lowest BCUT2D eigenvalue weighted by Gasteiger charge is -2.30. The normalized spacial score (nSPS) is 23.1. The van der Waals surface area contributed by atoms with E-state index in [1.54, 1.807) is 0 Å². The molecule has 2 saturated heterocycles. The predicted octanol–water partition coefficient (Wildman–Crippen LogP) is 2.67. The van der Waals surface area contributed by atoms with E-state index in [1.807, 2.05) is 0 Å². The van der Waals surface area contributed by atoms with Crippen LogP contribution in [0.1, 0.15) is 51.4 Å². The zero-order valence-corrected chi connectivity index (χ0v) is 13.7. The molecule has 0 aliphatic carbocycles. The number of hydrogen-bond acceptors (Lipinski definition) is 2. The molecule has 0 amide bonds. The highest BCUT2D eigenvalue weighted by Crippen LogP contribution is 2.19. The van der Waals surface area contributed by atoms with Gasteiger partial charge in [0, 0.05) is 25.7 Å². The second-order valence-electron chi connectivity index (χ2n) is 7.41. The Morgan fingerprint density at radius 1 is 0.550 bits per heavy atom. The summed E-state index contributed by atoms with van der Waals surface area (Å²) in [6, 6.07) is 0. The molecule has 0 radical (unpaired) electrons. The van der Waals surface area contributed by atoms with Crippen LogP contribution in [0.25, 0.3) is 0 Å². The van der Waals surface area contributed by atoms with Gasteiger partial charge in [0.2, 0.25) is 0 Å². The fraction of sp³-hybridized carbons (Fsp3) is 1.00. The highest BCUT2D eigenvalue weighted by Gasteiger charge is 2.27. The Hall–Kier alpha value is -0.160. The number of hydrogen-bond donors (Lipinski definition) is 0. The molecule has 2 heterocycles. The molecule has 0 spiro atoms. The van der Waals surface area contributed by atoms with E-state index in [0.29, 0.717) is 0 Å². The van der Waals surface area contributed by atoms with Gasteiger partial charge < -0.3 is 19.9 Å². The van der Waals surface area contributed by atoms with Gasteiger partial charge in [-0.25, -0.2) is 0 Å². The Morgan fingerprint density at radius 3 is 1.15 bits per heavy atom. The lowest BCUT2D eigenvalue weighted by Crippen LogP contribution is -2.42. The molecule has 2 fully saturated rings. The fourth-order valence-electron chi connectivity index (χ4n) is 3.99. The van der Waals surface area contributed by atoms with Crippen molar-refractivity contribution < 1.29 is 19.9 Å². The molecular formula is C16H36N2O2. The molecule has 0 saturated carbocycles. The zero-order valence-electron chi connectivity index (χ0n) is 13.7. The largest absolute Gasteiger partial charge is 0.870 e. The fourth-order valence-corrected chi connectivity index (χ4v) is 3.99. The molecule has 20 heavy (non-hydrogen) atoms. The van der Waals surface area contributed by atoms with E-state index < -0.39 is 0 Å². The van der Waals surface area contributed by atoms with E-state index in [2.05, 4.69) is 14.1 Å². The summed E-state index contributed by atoms with van der Waals surface area (Å²) in [5, 5.41) is 0. The van der Waals surface area contributed by atoms with Crippen LogP contribution >= 0.6 is 0 Å². The molecule has 0 aromatic heterocycles. The van der Waals surface area contributed by atoms with Gasteiger partial charge in [0.05, 0.1) is 53.4 Å². The molecule has 0 atom stereocenters. The summed E-state index contributed by atoms with van der Waals surface area (Å²) in [7, 11) is 4.92. The summed E-state index contributed by atoms with van der Waals surface area (Å²) in [5.41, 5.74) is 0. The van der Waals surface area contributed by atoms with Crippen molar-refractivity contribution in [3.63, 3.8) is 0 Å². The first kappa shape index (κ1) is 19.8. The predicted molar refractivity (Wildman–Crippen MR) is 82.4 cm³/mol. The van der Waals surface area contributed by atoms with Gasteiger partial charge in [-0.2, -0.15) is 0 Å². The van der Waals surface area contributed by atoms with Crippen LogP contribution in [0, 0.1) is 0 Å². The lowest BCUT2D eigenvalue weighted by atomic mass is 10.1. The van der Waals surface area contributed by atoms with Crippen molar-refractivity contribution >= 4 is 0 Å². The molecular weight excluding hydrogens is 252 g/mol. The summed E-state index contributed by atoms with van der Waals surface area (Å²) in [4.78, 5) is 0. The number of rotatable bonds is 7. The Kier molecular flexibility index (Phi) is 8.91. The third-order valence-electron chi connectivity index (χ3n) is 5.44. The minimum absolute atomic E-state index is 0. The first-order chi connectivity index (χ1) is 8.62. The summed E-state index contributed by atoms with van der Waals surface area (Å²) in [5.74, 6) is 0. The monoisotopic (exact) mass is 288 g/mol. The standard InChI is InChI=1S/C16H34N2.2H2O/c1-17(13-7-8-14-17)11-5-3-4-6-12-18(2)15-9-10-16-18;;/h3-16H2,1-2H3;2*1H2/q+2;;/p-2. The van der Waals surface area contributed by atoms with Crippen molar-refractivity contribution in [3.8, 4) is 0 Å². The topological polar surface area (TPSA) is 60.0 Å². The first-order valence-electron chi connectivity index (χ1n) is 8.29. The third kappa shape index (κ3) is 6.08. The lowest BCUT2D eigenvalue weighted by molar-refractivity contribution is -0.898. The highest BCUT2D eigenvalue weighted by molar-refractivity contribution is 4.54. The maximum absolute atomic E-state index is 2.46. The van der Waals surface area contributed by atoms with Crippen molar-refractivity contribution in [3.05, 3.63) is 0 Å². The van der Waals surface area contributed by atoms with Crippen LogP contribution in [-0.4, -0.2) is 73.3 Å². The van der Waals surface area contributed by atoms with Gasteiger partial charge in [0.25, 0.3) is 0 Å². The Morgan fingerprint density at radius 2 is 0.850 bits per heavy atom. The van der Waals surface area contributed by atoms with Gasteiger partial charge in [-0.1, -0.05) is 0 Å². The average Bonchev–Trinajstić information content (AvgIpc) is 2.94. The van der Waals surface area contributed by atoms with E-state index in [0.717, 1.165) is 0 Å². The molecule has 0 aromatic rings. The van der Waals surface area contributed by atoms with E-state index in [9.17, 15) is 0 Å². The molecule has 0 bridgehead atoms. The van der Waals surface area contributed by atoms with Crippen LogP contribution in [0.2, 0.25) is 0 Å². The quantitative estimate of drug-likeness (QED) is 0.534. The Bertz CT molecular complexity index is 221. The number of likely N-dealkylation sites (tertiary alicyclic amines) is 2. The molecule has 0 unspecified atom stereocenters. The second kappa shape index (κ2) is 8.98. The van der Waals surface area contributed by atoms with Gasteiger partial charge in [-0.05, 0) is 25.7 Å². The van der Waals surface area contributed by atoms with E-state index in [4.69, 9.17) is 0 Å². The molecule has 2 aliphatic heterocycles. The summed E-state index contributed by atoms with van der Waals surface area (Å²) < 4.78 is 2.74. The average molecular weight is 288 g/mol. The van der Waals surface area contributed by atoms with Crippen LogP contribution in [0.15, 0.2) is 0 Å². The number of quaternary nitrogens is 2. The van der Waals surface area contributed by atoms with Gasteiger partial charge in [-0.15, -0.1) is 0 Å². The van der Waals surface area contributed by atoms with E-state index in [-0.39, 0.29) is 11.0 Å². The van der Waals surface area contributed by atoms with Gasteiger partial charge >= 0.3 is 0 Å². The van der Waals surface area contributed by atoms with E-state index in [1.165, 1.54) is 99.6 Å². The number of nitrogens with zero attached hydrogens (tertiary/aromatic N) is 2. The smallest absolute Gasteiger partial charge is 0.0786 e. The molecule has 0 aromatic carbocycles. The van der Waals surface area contributed by atoms with Crippen LogP contribution < -0.4 is 0 Å². The minimum Gasteiger partial charge on any atom is -0.870 e. The van der Waals surface area contributed by atoms with Crippen LogP contribution in [0.5, 0.6) is 0 Å². The Balaban J connectivity index is 0.00000180. The molecule has 2 rings (SSSR count). The van der Waals surface area contributed by atoms with Crippen molar-refractivity contribution in [1.82, 2.24) is 0 Å².